The summed E-state index contributed by atoms with van der Waals surface area (Å²) in [4.78, 5) is 28.8. The minimum atomic E-state index is -0.665. The van der Waals surface area contributed by atoms with E-state index in [-0.39, 0.29) is 11.6 Å². The lowest BCUT2D eigenvalue weighted by Gasteiger charge is -2.29. The van der Waals surface area contributed by atoms with Crippen molar-refractivity contribution in [3.63, 3.8) is 0 Å². The number of Topliss-reactive ketones (excluding diaryl/α,β-unsaturated/α-hetero) is 2. The molecule has 2 aliphatic rings. The van der Waals surface area contributed by atoms with Crippen LogP contribution in [0.3, 0.4) is 0 Å². The fourth-order valence-electron chi connectivity index (χ4n) is 4.48. The molecule has 1 unspecified atom stereocenters. The molecule has 0 saturated carbocycles. The van der Waals surface area contributed by atoms with Gasteiger partial charge in [0.1, 0.15) is 6.67 Å². The number of benzene rings is 2. The Morgan fingerprint density at radius 3 is 2.68 bits per heavy atom. The van der Waals surface area contributed by atoms with E-state index >= 15 is 0 Å². The molecule has 28 heavy (non-hydrogen) atoms. The van der Waals surface area contributed by atoms with Crippen molar-refractivity contribution >= 4 is 50.6 Å². The zero-order valence-electron chi connectivity index (χ0n) is 15.8. The van der Waals surface area contributed by atoms with Crippen LogP contribution in [0, 0.1) is 5.92 Å². The van der Waals surface area contributed by atoms with Crippen molar-refractivity contribution in [3.8, 4) is 0 Å². The second-order valence-corrected chi connectivity index (χ2v) is 8.22. The molecule has 0 saturated heterocycles. The van der Waals surface area contributed by atoms with Crippen molar-refractivity contribution in [1.82, 2.24) is 13.9 Å². The molecule has 142 valence electrons. The summed E-state index contributed by atoms with van der Waals surface area (Å²) >= 11 is 6.34. The minimum Gasteiger partial charge on any atom is -0.320 e. The molecular formula is C22H20ClN3O2. The molecule has 0 amide bonds. The van der Waals surface area contributed by atoms with Gasteiger partial charge in [0.05, 0.1) is 28.3 Å². The fourth-order valence-corrected chi connectivity index (χ4v) is 4.68. The third-order valence-electron chi connectivity index (χ3n) is 5.77. The summed E-state index contributed by atoms with van der Waals surface area (Å²) in [5.41, 5.74) is 2.87. The highest BCUT2D eigenvalue weighted by Crippen LogP contribution is 2.44. The van der Waals surface area contributed by atoms with Gasteiger partial charge in [-0.25, -0.2) is 0 Å². The molecule has 0 spiro atoms. The van der Waals surface area contributed by atoms with Crippen LogP contribution in [0.15, 0.2) is 42.6 Å². The molecule has 0 bridgehead atoms. The molecule has 5 rings (SSSR count). The summed E-state index contributed by atoms with van der Waals surface area (Å²) < 4.78 is 3.49. The smallest absolute Gasteiger partial charge is 0.177 e. The van der Waals surface area contributed by atoms with Gasteiger partial charge in [0, 0.05) is 23.4 Å². The zero-order chi connectivity index (χ0) is 19.6. The lowest BCUT2D eigenvalue weighted by molar-refractivity contribution is -0.116. The Morgan fingerprint density at radius 1 is 1.11 bits per heavy atom. The molecule has 6 heteroatoms. The van der Waals surface area contributed by atoms with E-state index in [2.05, 4.69) is 6.07 Å². The van der Waals surface area contributed by atoms with Crippen molar-refractivity contribution < 1.29 is 9.59 Å². The summed E-state index contributed by atoms with van der Waals surface area (Å²) in [5.74, 6) is -0.859. The topological polar surface area (TPSA) is 45.6 Å². The van der Waals surface area contributed by atoms with Gasteiger partial charge in [0.15, 0.2) is 11.6 Å². The zero-order valence-corrected chi connectivity index (χ0v) is 16.5. The maximum Gasteiger partial charge on any atom is 0.177 e. The number of carbonyl (C=O) groups is 2. The van der Waals surface area contributed by atoms with Crippen molar-refractivity contribution in [3.05, 3.63) is 53.9 Å². The number of aromatic nitrogens is 1. The van der Waals surface area contributed by atoms with Crippen molar-refractivity contribution in [2.75, 3.05) is 20.6 Å². The van der Waals surface area contributed by atoms with E-state index in [1.807, 2.05) is 53.9 Å². The van der Waals surface area contributed by atoms with E-state index in [0.717, 1.165) is 27.4 Å². The molecule has 1 aromatic heterocycles. The van der Waals surface area contributed by atoms with Gasteiger partial charge in [-0.15, -0.1) is 0 Å². The standard InChI is InChI=1S/C22H20ClN3O2/c1-24(2)10-9-15-21(27)16-11-25(23)12-26-17-8-7-13-5-3-4-6-14(13)18(17)19(20(16)26)22(15)28/h3-8,11,15H,9-10,12H2,1-2H3. The third-order valence-corrected chi connectivity index (χ3v) is 5.97. The molecular weight excluding hydrogens is 374 g/mol. The summed E-state index contributed by atoms with van der Waals surface area (Å²) in [5, 5.41) is 3.04. The van der Waals surface area contributed by atoms with E-state index < -0.39 is 5.92 Å². The number of fused-ring (bicyclic) bond motifs is 5. The van der Waals surface area contributed by atoms with Crippen molar-refractivity contribution in [1.29, 1.82) is 0 Å². The van der Waals surface area contributed by atoms with Crippen LogP contribution in [0.2, 0.25) is 0 Å². The van der Waals surface area contributed by atoms with Crippen LogP contribution in [0.25, 0.3) is 27.2 Å². The van der Waals surface area contributed by atoms with Gasteiger partial charge in [-0.2, -0.15) is 0 Å². The molecule has 3 aromatic rings. The summed E-state index contributed by atoms with van der Waals surface area (Å²) in [7, 11) is 3.89. The molecule has 0 fully saturated rings. The predicted molar refractivity (Wildman–Crippen MR) is 111 cm³/mol. The molecule has 2 heterocycles. The number of allylic oxidation sites excluding steroid dienone is 1. The van der Waals surface area contributed by atoms with Crippen LogP contribution in [0.1, 0.15) is 22.5 Å². The van der Waals surface area contributed by atoms with Crippen molar-refractivity contribution in [2.45, 2.75) is 13.1 Å². The Morgan fingerprint density at radius 2 is 1.89 bits per heavy atom. The number of hydrogen-bond acceptors (Lipinski definition) is 4. The third kappa shape index (κ3) is 2.36. The number of ketones is 2. The highest BCUT2D eigenvalue weighted by molar-refractivity contribution is 6.39. The number of carbonyl (C=O) groups excluding carboxylic acids is 2. The Bertz CT molecular complexity index is 1190. The highest BCUT2D eigenvalue weighted by Gasteiger charge is 2.43. The quantitative estimate of drug-likeness (QED) is 0.500. The Labute approximate surface area is 167 Å². The molecule has 0 radical (unpaired) electrons. The fraction of sp³-hybridized carbons (Fsp3) is 0.273. The molecule has 2 aromatic carbocycles. The van der Waals surface area contributed by atoms with E-state index in [0.29, 0.717) is 30.8 Å². The second-order valence-electron chi connectivity index (χ2n) is 7.79. The lowest BCUT2D eigenvalue weighted by Crippen LogP contribution is -2.36. The van der Waals surface area contributed by atoms with Crippen LogP contribution in [-0.4, -0.2) is 46.1 Å². The maximum atomic E-state index is 13.6. The van der Waals surface area contributed by atoms with Gasteiger partial charge in [0.2, 0.25) is 0 Å². The second kappa shape index (κ2) is 6.19. The van der Waals surface area contributed by atoms with Crippen LogP contribution in [-0.2, 0) is 11.5 Å². The number of rotatable bonds is 3. The first-order valence-corrected chi connectivity index (χ1v) is 9.73. The molecule has 0 N–H and O–H groups in total. The highest BCUT2D eigenvalue weighted by atomic mass is 35.5. The van der Waals surface area contributed by atoms with Crippen LogP contribution >= 0.6 is 11.8 Å². The van der Waals surface area contributed by atoms with Gasteiger partial charge in [0.25, 0.3) is 0 Å². The average Bonchev–Trinajstić information content (AvgIpc) is 3.01. The van der Waals surface area contributed by atoms with Crippen molar-refractivity contribution in [2.24, 2.45) is 5.92 Å². The van der Waals surface area contributed by atoms with Gasteiger partial charge >= 0.3 is 0 Å². The number of nitrogens with zero attached hydrogens (tertiary/aromatic N) is 3. The first-order chi connectivity index (χ1) is 13.5. The average molecular weight is 394 g/mol. The Kier molecular flexibility index (Phi) is 3.86. The Hall–Kier alpha value is -2.63. The van der Waals surface area contributed by atoms with Gasteiger partial charge in [-0.3, -0.25) is 14.0 Å². The van der Waals surface area contributed by atoms with Crippen LogP contribution < -0.4 is 0 Å². The summed E-state index contributed by atoms with van der Waals surface area (Å²) in [6, 6.07) is 12.1. The molecule has 5 nitrogen and oxygen atoms in total. The first kappa shape index (κ1) is 17.5. The summed E-state index contributed by atoms with van der Waals surface area (Å²) in [6.45, 7) is 1.08. The van der Waals surface area contributed by atoms with Gasteiger partial charge < -0.3 is 9.47 Å². The predicted octanol–water partition coefficient (Wildman–Crippen LogP) is 3.90. The van der Waals surface area contributed by atoms with Crippen LogP contribution in [0.5, 0.6) is 0 Å². The summed E-state index contributed by atoms with van der Waals surface area (Å²) in [6.07, 6.45) is 2.18. The van der Waals surface area contributed by atoms with Gasteiger partial charge in [-0.1, -0.05) is 30.3 Å². The maximum absolute atomic E-state index is 13.6. The minimum absolute atomic E-state index is 0.0675. The van der Waals surface area contributed by atoms with E-state index in [1.54, 1.807) is 6.20 Å². The van der Waals surface area contributed by atoms with Crippen LogP contribution in [0.4, 0.5) is 0 Å². The van der Waals surface area contributed by atoms with Gasteiger partial charge in [-0.05, 0) is 43.9 Å². The van der Waals surface area contributed by atoms with E-state index in [4.69, 9.17) is 11.8 Å². The first-order valence-electron chi connectivity index (χ1n) is 9.39. The molecule has 1 aliphatic carbocycles. The monoisotopic (exact) mass is 393 g/mol. The Balaban J connectivity index is 1.84. The largest absolute Gasteiger partial charge is 0.320 e. The molecule has 1 aliphatic heterocycles. The number of hydrogen-bond donors (Lipinski definition) is 0. The SMILES string of the molecule is CN(C)CCC1C(=O)C2=CN(Cl)Cn3c2c(c2c4ccccc4ccc23)C1=O. The molecule has 1 atom stereocenters. The normalized spacial score (nSPS) is 18.9. The number of halogens is 1. The lowest BCUT2D eigenvalue weighted by atomic mass is 9.78. The van der Waals surface area contributed by atoms with E-state index in [9.17, 15) is 9.59 Å². The van der Waals surface area contributed by atoms with E-state index in [1.165, 1.54) is 4.42 Å².